The predicted molar refractivity (Wildman–Crippen MR) is 392 cm³/mol. The van der Waals surface area contributed by atoms with Gasteiger partial charge in [0.1, 0.15) is 5.60 Å². The molecular formula is C78H159N3O9S. The Morgan fingerprint density at radius 3 is 1.27 bits per heavy atom. The highest BCUT2D eigenvalue weighted by Gasteiger charge is 2.43. The molecule has 0 aromatic carbocycles. The number of aliphatic hydroxyl groups excluding tert-OH is 1. The Bertz CT molecular complexity index is 2060. The summed E-state index contributed by atoms with van der Waals surface area (Å²) in [7, 11) is -1.07. The summed E-state index contributed by atoms with van der Waals surface area (Å²) in [6, 6.07) is 0. The summed E-state index contributed by atoms with van der Waals surface area (Å²) in [5.41, 5.74) is 2.06. The summed E-state index contributed by atoms with van der Waals surface area (Å²) in [6.45, 7) is 60.8. The van der Waals surface area contributed by atoms with E-state index in [4.69, 9.17) is 14.2 Å². The summed E-state index contributed by atoms with van der Waals surface area (Å²) in [4.78, 5) is 34.4. The second-order valence-electron chi connectivity index (χ2n) is 36.7. The molecule has 2 N–H and O–H groups in total. The first-order chi connectivity index (χ1) is 39.6. The molecule has 4 unspecified atom stereocenters. The van der Waals surface area contributed by atoms with Crippen LogP contribution in [-0.4, -0.2) is 114 Å². The van der Waals surface area contributed by atoms with Gasteiger partial charge in [-0.3, -0.25) is 14.4 Å². The molecule has 8 aliphatic rings. The van der Waals surface area contributed by atoms with Gasteiger partial charge in [0, 0.05) is 57.1 Å². The minimum Gasteiger partial charge on any atom is -0.460 e. The van der Waals surface area contributed by atoms with Gasteiger partial charge in [-0.2, -0.15) is 0 Å². The molecule has 0 aromatic heterocycles. The van der Waals surface area contributed by atoms with Crippen LogP contribution in [-0.2, 0) is 38.6 Å². The van der Waals surface area contributed by atoms with Crippen LogP contribution in [0.15, 0.2) is 0 Å². The van der Waals surface area contributed by atoms with Crippen molar-refractivity contribution in [1.29, 1.82) is 0 Å². The van der Waals surface area contributed by atoms with Crippen molar-refractivity contribution in [2.75, 3.05) is 39.6 Å². The summed E-state index contributed by atoms with van der Waals surface area (Å²) in [5, 5.41) is 12.5. The quantitative estimate of drug-likeness (QED) is 0.244. The van der Waals surface area contributed by atoms with Crippen LogP contribution in [0.2, 0.25) is 0 Å². The van der Waals surface area contributed by atoms with Crippen LogP contribution in [0.4, 0.5) is 0 Å². The number of nitrogens with one attached hydrogen (secondary N) is 1. The van der Waals surface area contributed by atoms with Crippen LogP contribution in [0.25, 0.3) is 0 Å². The molecule has 8 rings (SSSR count). The maximum Gasteiger partial charge on any atom is 0.306 e. The van der Waals surface area contributed by atoms with Gasteiger partial charge in [0.25, 0.3) is 0 Å². The number of aliphatic hydroxyl groups is 1. The van der Waals surface area contributed by atoms with Gasteiger partial charge in [-0.05, 0) is 222 Å². The Morgan fingerprint density at radius 2 is 0.956 bits per heavy atom. The highest BCUT2D eigenvalue weighted by molar-refractivity contribution is 7.88. The number of carbonyl (C=O) groups excluding carboxylic acids is 3. The zero-order chi connectivity index (χ0) is 68.3. The number of likely N-dealkylation sites (tertiary alicyclic amines) is 1. The van der Waals surface area contributed by atoms with Crippen molar-refractivity contribution in [3.63, 3.8) is 0 Å². The minimum atomic E-state index is -2.96. The zero-order valence-electron chi connectivity index (χ0n) is 63.1. The zero-order valence-corrected chi connectivity index (χ0v) is 64.0. The van der Waals surface area contributed by atoms with Crippen LogP contribution < -0.4 is 5.32 Å². The molecular weight excluding hydrogens is 1150 g/mol. The van der Waals surface area contributed by atoms with E-state index >= 15 is 0 Å². The standard InChI is InChI=1S/C13H26O.C11H22.C10H21NO2S.C10H20.C9H18O2.C8H15NO.C7H13NO.C7H12O2.3CH4/c1-11(2,3)10-8-12(4,5)14-13(6,7)9-10;1-9-7-5-6-8-10(9)11(2,3)4;1-10(2,3)9-5-7-11(8-6-9)14(4,12)13;1-10(2,3)9-7-5-4-6-8-9;1-9(2,3)7-4-5-11-6-8(7)10;1-8(2)6-4-5-7(10)9(8)3;1-7(2)5-3-4-6(9)8-7;1-7(2)5-3-4-6(8)9-7;;;/h10H,8-9H2,1-7H3;9-10H,5-8H2,1-4H3;9H,5-8H2,1-4H3;9H,4-8H2,1-3H3;7-8,10H,4-6H2,1-3H3;4-6H2,1-3H3;3-5H2,1-2H3,(H,8,9);3-5H2,1-2H3;3*1H4. The number of esters is 1. The molecule has 2 amide bonds. The number of nitrogens with zero attached hydrogens (tertiary/aromatic N) is 2. The molecule has 546 valence electrons. The normalized spacial score (nSPS) is 26.2. The first-order valence-corrected chi connectivity index (χ1v) is 37.2. The molecule has 0 aromatic rings. The van der Waals surface area contributed by atoms with E-state index in [2.05, 4.69) is 171 Å². The van der Waals surface area contributed by atoms with Crippen molar-refractivity contribution < 1.29 is 42.1 Å². The second-order valence-corrected chi connectivity index (χ2v) is 38.7. The second kappa shape index (κ2) is 39.0. The maximum absolute atomic E-state index is 11.3. The van der Waals surface area contributed by atoms with Crippen molar-refractivity contribution >= 4 is 27.8 Å². The Hall–Kier alpha value is -1.80. The van der Waals surface area contributed by atoms with E-state index in [1.54, 1.807) is 4.31 Å². The van der Waals surface area contributed by atoms with Crippen molar-refractivity contribution in [1.82, 2.24) is 14.5 Å². The fourth-order valence-corrected chi connectivity index (χ4v) is 15.5. The Balaban J connectivity index is -0.000000972. The summed E-state index contributed by atoms with van der Waals surface area (Å²) in [6.07, 6.45) is 28.0. The van der Waals surface area contributed by atoms with E-state index in [-0.39, 0.29) is 79.5 Å². The van der Waals surface area contributed by atoms with Crippen LogP contribution in [0.5, 0.6) is 0 Å². The number of piperidine rings is 3. The lowest BCUT2D eigenvalue weighted by atomic mass is 9.67. The lowest BCUT2D eigenvalue weighted by Crippen LogP contribution is -2.48. The largest absolute Gasteiger partial charge is 0.460 e. The van der Waals surface area contributed by atoms with Crippen molar-refractivity contribution in [2.24, 2.45) is 62.6 Å². The van der Waals surface area contributed by atoms with E-state index in [1.807, 2.05) is 25.8 Å². The summed E-state index contributed by atoms with van der Waals surface area (Å²) >= 11 is 0. The fourth-order valence-electron chi connectivity index (χ4n) is 14.7. The van der Waals surface area contributed by atoms with Crippen LogP contribution in [0.3, 0.4) is 0 Å². The monoisotopic (exact) mass is 1310 g/mol. The van der Waals surface area contributed by atoms with Crippen molar-refractivity contribution in [3.8, 4) is 0 Å². The third-order valence-electron chi connectivity index (χ3n) is 20.6. The first kappa shape index (κ1) is 93.4. The number of cyclic esters (lactones) is 1. The predicted octanol–water partition coefficient (Wildman–Crippen LogP) is 20.5. The van der Waals surface area contributed by atoms with Crippen molar-refractivity contribution in [3.05, 3.63) is 0 Å². The molecule has 4 atom stereocenters. The van der Waals surface area contributed by atoms with Crippen molar-refractivity contribution in [2.45, 2.75) is 384 Å². The molecule has 12 nitrogen and oxygen atoms in total. The summed E-state index contributed by atoms with van der Waals surface area (Å²) < 4.78 is 40.4. The topological polar surface area (TPSA) is 152 Å². The third kappa shape index (κ3) is 38.1. The molecule has 6 heterocycles. The molecule has 8 fully saturated rings. The van der Waals surface area contributed by atoms with Gasteiger partial charge in [-0.1, -0.05) is 172 Å². The Kier molecular flexibility index (Phi) is 40.0. The molecule has 6 saturated heterocycles. The molecule has 2 saturated carbocycles. The fraction of sp³-hybridized carbons (Fsp3) is 0.962. The van der Waals surface area contributed by atoms with Crippen LogP contribution >= 0.6 is 0 Å². The molecule has 6 aliphatic heterocycles. The minimum absolute atomic E-state index is 0. The molecule has 0 spiro atoms. The van der Waals surface area contributed by atoms with E-state index < -0.39 is 10.0 Å². The highest BCUT2D eigenvalue weighted by Crippen LogP contribution is 2.46. The smallest absolute Gasteiger partial charge is 0.306 e. The van der Waals surface area contributed by atoms with Gasteiger partial charge in [-0.15, -0.1) is 0 Å². The number of hydrogen-bond donors (Lipinski definition) is 2. The lowest BCUT2D eigenvalue weighted by Gasteiger charge is -2.49. The number of rotatable bonds is 1. The van der Waals surface area contributed by atoms with Crippen LogP contribution in [0, 0.1) is 62.6 Å². The Morgan fingerprint density at radius 1 is 0.516 bits per heavy atom. The average Bonchev–Trinajstić information content (AvgIpc) is 0.865. The lowest BCUT2D eigenvalue weighted by molar-refractivity contribution is -0.185. The maximum atomic E-state index is 11.3. The van der Waals surface area contributed by atoms with E-state index in [9.17, 15) is 27.9 Å². The average molecular weight is 1320 g/mol. The molecule has 13 heteroatoms. The highest BCUT2D eigenvalue weighted by atomic mass is 32.2. The van der Waals surface area contributed by atoms with Gasteiger partial charge in [-0.25, -0.2) is 12.7 Å². The number of hydrogen-bond acceptors (Lipinski definition) is 9. The SMILES string of the molecule is C.C.C.CC(C)(C)C1CCCCC1.CC(C)(C)C1CCN(S(C)(=O)=O)CC1.CC(C)(C)C1CCOCC1O.CC1(C)CC(C(C)(C)C)CC(C)(C)O1.CC1(C)CCCC(=O)N1.CC1(C)CCCC(=O)O1.CC1CCCCC1C(C)(C)C.CN1C(=O)CCCC1(C)C. The molecule has 2 aliphatic carbocycles. The first-order valence-electron chi connectivity index (χ1n) is 35.3. The van der Waals surface area contributed by atoms with Gasteiger partial charge >= 0.3 is 5.97 Å². The number of ether oxygens (including phenoxy) is 3. The molecule has 0 bridgehead atoms. The van der Waals surface area contributed by atoms with Gasteiger partial charge < -0.3 is 29.5 Å². The third-order valence-corrected chi connectivity index (χ3v) is 21.9. The number of sulfonamides is 1. The van der Waals surface area contributed by atoms with Gasteiger partial charge in [0.15, 0.2) is 0 Å². The van der Waals surface area contributed by atoms with E-state index in [0.717, 1.165) is 94.5 Å². The van der Waals surface area contributed by atoms with Gasteiger partial charge in [0.05, 0.1) is 30.2 Å². The van der Waals surface area contributed by atoms with Crippen LogP contribution in [0.1, 0.15) is 350 Å². The molecule has 0 radical (unpaired) electrons. The number of carbonyl (C=O) groups is 3. The van der Waals surface area contributed by atoms with Gasteiger partial charge in [0.2, 0.25) is 21.8 Å². The Labute approximate surface area is 567 Å². The van der Waals surface area contributed by atoms with E-state index in [0.29, 0.717) is 66.0 Å². The molecule has 91 heavy (non-hydrogen) atoms. The summed E-state index contributed by atoms with van der Waals surface area (Å²) in [5.74, 6) is 5.19. The van der Waals surface area contributed by atoms with E-state index in [1.165, 1.54) is 76.9 Å². The number of amides is 2.